The van der Waals surface area contributed by atoms with E-state index in [1.165, 1.54) is 6.33 Å². The first-order valence-corrected chi connectivity index (χ1v) is 12.9. The van der Waals surface area contributed by atoms with Crippen molar-refractivity contribution in [1.82, 2.24) is 30.4 Å². The molecule has 0 aliphatic heterocycles. The predicted molar refractivity (Wildman–Crippen MR) is 148 cm³/mol. The Hall–Kier alpha value is -4.21. The highest BCUT2D eigenvalue weighted by Gasteiger charge is 2.25. The van der Waals surface area contributed by atoms with Crippen LogP contribution in [0.25, 0.3) is 5.57 Å². The third kappa shape index (κ3) is 6.45. The molecule has 3 heterocycles. The molecular weight excluding hydrogens is 497 g/mol. The number of carbonyl (C=O) groups excluding carboxylic acids is 1. The number of nitrogens with one attached hydrogen (secondary N) is 2. The monoisotopic (exact) mass is 531 g/mol. The summed E-state index contributed by atoms with van der Waals surface area (Å²) in [5.74, 6) is 0.249. The number of anilines is 2. The molecule has 39 heavy (non-hydrogen) atoms. The first kappa shape index (κ1) is 27.8. The zero-order valence-electron chi connectivity index (χ0n) is 23.3. The second-order valence-corrected chi connectivity index (χ2v) is 10.9. The highest BCUT2D eigenvalue weighted by Crippen LogP contribution is 2.29. The summed E-state index contributed by atoms with van der Waals surface area (Å²) in [5, 5.41) is 9.78. The Morgan fingerprint density at radius 1 is 1.10 bits per heavy atom. The molecule has 3 aromatic rings. The standard InChI is InChI=1S/C29H34FN7O2/c1-16(2)20-11-13-22(31-14-20)35-25-23(30)24(32-15-33-25)19-9-8-17(3)21(12-10-19)18(4)34-26(38)27-36-28(37-39-27)29(5,6)7/h8,10-16,18H,9H2,1-7H3,(H,34,38)(H,31,32,33,35). The van der Waals surface area contributed by atoms with Gasteiger partial charge in [0.15, 0.2) is 17.5 Å². The Kier molecular flexibility index (Phi) is 8.03. The van der Waals surface area contributed by atoms with Crippen molar-refractivity contribution in [3.05, 3.63) is 82.8 Å². The zero-order valence-corrected chi connectivity index (χ0v) is 23.3. The highest BCUT2D eigenvalue weighted by molar-refractivity contribution is 5.90. The summed E-state index contributed by atoms with van der Waals surface area (Å²) in [6.45, 7) is 13.8. The number of rotatable bonds is 7. The van der Waals surface area contributed by atoms with Crippen LogP contribution in [0.1, 0.15) is 88.6 Å². The lowest BCUT2D eigenvalue weighted by molar-refractivity contribution is 0.0901. The van der Waals surface area contributed by atoms with Crippen molar-refractivity contribution >= 4 is 23.1 Å². The molecular formula is C29H34FN7O2. The first-order chi connectivity index (χ1) is 18.4. The molecule has 1 atom stereocenters. The topological polar surface area (TPSA) is 119 Å². The predicted octanol–water partition coefficient (Wildman–Crippen LogP) is 6.04. The molecule has 204 valence electrons. The Bertz CT molecular complexity index is 1450. The van der Waals surface area contributed by atoms with E-state index in [0.29, 0.717) is 29.6 Å². The Labute approximate surface area is 227 Å². The van der Waals surface area contributed by atoms with Gasteiger partial charge in [-0.1, -0.05) is 64.1 Å². The fourth-order valence-corrected chi connectivity index (χ4v) is 4.01. The quantitative estimate of drug-likeness (QED) is 0.379. The van der Waals surface area contributed by atoms with E-state index >= 15 is 4.39 Å². The SMILES string of the molecule is CC1=CCC(c2ncnc(Nc3ccc(C(C)C)cn3)c2F)=CC=C1C(C)NC(=O)c1nc(C(C)(C)C)no1. The molecule has 0 saturated heterocycles. The lowest BCUT2D eigenvalue weighted by Gasteiger charge is -2.17. The third-order valence-corrected chi connectivity index (χ3v) is 6.45. The van der Waals surface area contributed by atoms with E-state index in [4.69, 9.17) is 4.52 Å². The van der Waals surface area contributed by atoms with E-state index in [2.05, 4.69) is 49.6 Å². The number of hydrogen-bond donors (Lipinski definition) is 2. The van der Waals surface area contributed by atoms with Gasteiger partial charge in [-0.25, -0.2) is 19.3 Å². The molecule has 10 heteroatoms. The Morgan fingerprint density at radius 2 is 1.87 bits per heavy atom. The highest BCUT2D eigenvalue weighted by atomic mass is 19.1. The Balaban J connectivity index is 1.52. The van der Waals surface area contributed by atoms with Crippen molar-refractivity contribution in [3.63, 3.8) is 0 Å². The normalized spacial score (nSPS) is 14.7. The number of pyridine rings is 1. The van der Waals surface area contributed by atoms with Gasteiger partial charge in [0.1, 0.15) is 17.8 Å². The van der Waals surface area contributed by atoms with Crippen LogP contribution in [0, 0.1) is 5.82 Å². The van der Waals surface area contributed by atoms with Crippen LogP contribution < -0.4 is 10.6 Å². The Morgan fingerprint density at radius 3 is 2.51 bits per heavy atom. The summed E-state index contributed by atoms with van der Waals surface area (Å²) in [6, 6.07) is 3.40. The van der Waals surface area contributed by atoms with Gasteiger partial charge in [-0.2, -0.15) is 4.98 Å². The molecule has 4 rings (SSSR count). The van der Waals surface area contributed by atoms with Gasteiger partial charge in [0.2, 0.25) is 0 Å². The molecule has 9 nitrogen and oxygen atoms in total. The van der Waals surface area contributed by atoms with E-state index in [1.54, 1.807) is 12.3 Å². The molecule has 1 amide bonds. The van der Waals surface area contributed by atoms with Crippen molar-refractivity contribution < 1.29 is 13.7 Å². The second-order valence-electron chi connectivity index (χ2n) is 10.9. The lowest BCUT2D eigenvalue weighted by Crippen LogP contribution is -2.34. The second kappa shape index (κ2) is 11.3. The number of nitrogens with zero attached hydrogens (tertiary/aromatic N) is 5. The van der Waals surface area contributed by atoms with Gasteiger partial charge in [-0.15, -0.1) is 0 Å². The molecule has 0 spiro atoms. The van der Waals surface area contributed by atoms with Crippen LogP contribution in [-0.2, 0) is 5.41 Å². The smallest absolute Gasteiger partial charge is 0.315 e. The van der Waals surface area contributed by atoms with Crippen molar-refractivity contribution in [2.45, 2.75) is 72.3 Å². The minimum Gasteiger partial charge on any atom is -0.341 e. The summed E-state index contributed by atoms with van der Waals surface area (Å²) in [5.41, 5.74) is 3.47. The van der Waals surface area contributed by atoms with Crippen LogP contribution in [0.4, 0.5) is 16.0 Å². The van der Waals surface area contributed by atoms with Gasteiger partial charge in [0, 0.05) is 11.6 Å². The maximum absolute atomic E-state index is 15.5. The van der Waals surface area contributed by atoms with E-state index < -0.39 is 11.7 Å². The fourth-order valence-electron chi connectivity index (χ4n) is 4.01. The zero-order chi connectivity index (χ0) is 28.3. The molecule has 2 N–H and O–H groups in total. The molecule has 1 aliphatic carbocycles. The molecule has 3 aromatic heterocycles. The summed E-state index contributed by atoms with van der Waals surface area (Å²) in [7, 11) is 0. The van der Waals surface area contributed by atoms with Crippen LogP contribution in [0.15, 0.2) is 58.6 Å². The number of halogens is 1. The molecule has 0 radical (unpaired) electrons. The lowest BCUT2D eigenvalue weighted by atomic mass is 9.96. The largest absolute Gasteiger partial charge is 0.341 e. The van der Waals surface area contributed by atoms with Crippen molar-refractivity contribution in [2.75, 3.05) is 5.32 Å². The average Bonchev–Trinajstić information content (AvgIpc) is 3.31. The number of allylic oxidation sites excluding steroid dienone is 4. The van der Waals surface area contributed by atoms with Crippen LogP contribution in [0.2, 0.25) is 0 Å². The van der Waals surface area contributed by atoms with Crippen molar-refractivity contribution in [2.24, 2.45) is 0 Å². The van der Waals surface area contributed by atoms with Crippen molar-refractivity contribution in [1.29, 1.82) is 0 Å². The van der Waals surface area contributed by atoms with Gasteiger partial charge in [0.25, 0.3) is 0 Å². The van der Waals surface area contributed by atoms with Gasteiger partial charge in [-0.05, 0) is 54.5 Å². The number of aromatic nitrogens is 5. The minimum absolute atomic E-state index is 0.0506. The fraction of sp³-hybridized carbons (Fsp3) is 0.379. The maximum Gasteiger partial charge on any atom is 0.315 e. The van der Waals surface area contributed by atoms with Gasteiger partial charge < -0.3 is 15.2 Å². The van der Waals surface area contributed by atoms with E-state index in [1.807, 2.05) is 58.9 Å². The molecule has 1 unspecified atom stereocenters. The van der Waals surface area contributed by atoms with Crippen molar-refractivity contribution in [3.8, 4) is 0 Å². The number of amides is 1. The van der Waals surface area contributed by atoms with Gasteiger partial charge >= 0.3 is 11.8 Å². The molecule has 0 bridgehead atoms. The molecule has 0 aromatic carbocycles. The first-order valence-electron chi connectivity index (χ1n) is 12.9. The van der Waals surface area contributed by atoms with Gasteiger partial charge in [-0.3, -0.25) is 4.79 Å². The third-order valence-electron chi connectivity index (χ3n) is 6.45. The molecule has 1 aliphatic rings. The molecule has 0 saturated carbocycles. The summed E-state index contributed by atoms with van der Waals surface area (Å²) >= 11 is 0. The molecule has 0 fully saturated rings. The summed E-state index contributed by atoms with van der Waals surface area (Å²) < 4.78 is 20.7. The maximum atomic E-state index is 15.5. The van der Waals surface area contributed by atoms with Gasteiger partial charge in [0.05, 0.1) is 6.04 Å². The van der Waals surface area contributed by atoms with Crippen LogP contribution in [0.5, 0.6) is 0 Å². The number of hydrogen-bond acceptors (Lipinski definition) is 8. The van der Waals surface area contributed by atoms with Crippen LogP contribution >= 0.6 is 0 Å². The van der Waals surface area contributed by atoms with E-state index in [-0.39, 0.29) is 28.9 Å². The van der Waals surface area contributed by atoms with Crippen LogP contribution in [0.3, 0.4) is 0 Å². The minimum atomic E-state index is -0.561. The van der Waals surface area contributed by atoms with E-state index in [0.717, 1.165) is 16.7 Å². The summed E-state index contributed by atoms with van der Waals surface area (Å²) in [6.07, 6.45) is 9.23. The van der Waals surface area contributed by atoms with Crippen LogP contribution in [-0.4, -0.2) is 37.0 Å². The summed E-state index contributed by atoms with van der Waals surface area (Å²) in [4.78, 5) is 29.7. The number of carbonyl (C=O) groups is 1. The van der Waals surface area contributed by atoms with E-state index in [9.17, 15) is 4.79 Å². The average molecular weight is 532 g/mol.